The summed E-state index contributed by atoms with van der Waals surface area (Å²) in [7, 11) is 0. The number of alkyl halides is 4. The molecule has 1 rings (SSSR count). The fraction of sp³-hybridized carbons (Fsp3) is 1.00. The SMILES string of the molecule is CCC1(CC)C(Cl)CC1OCCCC(F)(F)F. The van der Waals surface area contributed by atoms with Crippen molar-refractivity contribution in [2.75, 3.05) is 6.61 Å². The average Bonchev–Trinajstić information content (AvgIpc) is 2.23. The van der Waals surface area contributed by atoms with E-state index in [2.05, 4.69) is 13.8 Å². The van der Waals surface area contributed by atoms with Gasteiger partial charge in [-0.2, -0.15) is 13.2 Å². The molecule has 1 aliphatic carbocycles. The largest absolute Gasteiger partial charge is 0.389 e. The summed E-state index contributed by atoms with van der Waals surface area (Å²) in [4.78, 5) is 0. The first-order valence-electron chi connectivity index (χ1n) is 6.18. The Morgan fingerprint density at radius 3 is 2.29 bits per heavy atom. The molecule has 0 amide bonds. The van der Waals surface area contributed by atoms with Crippen LogP contribution in [0.3, 0.4) is 0 Å². The van der Waals surface area contributed by atoms with Gasteiger partial charge in [-0.15, -0.1) is 11.6 Å². The smallest absolute Gasteiger partial charge is 0.378 e. The molecule has 102 valence electrons. The van der Waals surface area contributed by atoms with Gasteiger partial charge in [0.25, 0.3) is 0 Å². The maximum absolute atomic E-state index is 11.9. The summed E-state index contributed by atoms with van der Waals surface area (Å²) in [6, 6.07) is 0. The minimum absolute atomic E-state index is 0.0280. The van der Waals surface area contributed by atoms with Gasteiger partial charge in [-0.3, -0.25) is 0 Å². The van der Waals surface area contributed by atoms with Crippen LogP contribution in [0.1, 0.15) is 46.0 Å². The Morgan fingerprint density at radius 1 is 1.29 bits per heavy atom. The van der Waals surface area contributed by atoms with E-state index in [0.717, 1.165) is 19.3 Å². The van der Waals surface area contributed by atoms with Crippen molar-refractivity contribution < 1.29 is 17.9 Å². The first kappa shape index (κ1) is 15.1. The minimum atomic E-state index is -4.08. The maximum atomic E-state index is 11.9. The van der Waals surface area contributed by atoms with Crippen molar-refractivity contribution in [3.8, 4) is 0 Å². The second-order valence-corrected chi connectivity index (χ2v) is 5.25. The summed E-state index contributed by atoms with van der Waals surface area (Å²) in [5.74, 6) is 0. The predicted molar refractivity (Wildman–Crippen MR) is 62.3 cm³/mol. The number of rotatable bonds is 6. The van der Waals surface area contributed by atoms with Crippen LogP contribution in [0, 0.1) is 5.41 Å². The third-order valence-corrected chi connectivity index (χ3v) is 4.54. The average molecular weight is 273 g/mol. The first-order valence-corrected chi connectivity index (χ1v) is 6.61. The van der Waals surface area contributed by atoms with E-state index in [9.17, 15) is 13.2 Å². The number of hydrogen-bond donors (Lipinski definition) is 0. The molecule has 0 N–H and O–H groups in total. The Labute approximate surface area is 106 Å². The topological polar surface area (TPSA) is 9.23 Å². The van der Waals surface area contributed by atoms with Gasteiger partial charge in [-0.1, -0.05) is 13.8 Å². The van der Waals surface area contributed by atoms with E-state index in [1.54, 1.807) is 0 Å². The van der Waals surface area contributed by atoms with Crippen molar-refractivity contribution >= 4 is 11.6 Å². The molecule has 2 unspecified atom stereocenters. The lowest BCUT2D eigenvalue weighted by atomic mass is 9.62. The molecule has 0 aromatic heterocycles. The van der Waals surface area contributed by atoms with Crippen molar-refractivity contribution in [3.63, 3.8) is 0 Å². The van der Waals surface area contributed by atoms with Gasteiger partial charge >= 0.3 is 6.18 Å². The monoisotopic (exact) mass is 272 g/mol. The van der Waals surface area contributed by atoms with Crippen molar-refractivity contribution in [1.82, 2.24) is 0 Å². The third kappa shape index (κ3) is 3.50. The number of ether oxygens (including phenoxy) is 1. The van der Waals surface area contributed by atoms with Crippen LogP contribution < -0.4 is 0 Å². The van der Waals surface area contributed by atoms with Gasteiger partial charge in [-0.05, 0) is 25.7 Å². The molecule has 1 saturated carbocycles. The zero-order chi connectivity index (χ0) is 13.1. The zero-order valence-electron chi connectivity index (χ0n) is 10.3. The van der Waals surface area contributed by atoms with Crippen molar-refractivity contribution in [2.24, 2.45) is 5.41 Å². The quantitative estimate of drug-likeness (QED) is 0.510. The molecule has 2 atom stereocenters. The summed E-state index contributed by atoms with van der Waals surface area (Å²) in [5.41, 5.74) is -0.0280. The Kier molecular flexibility index (Phi) is 5.14. The molecule has 1 nitrogen and oxygen atoms in total. The lowest BCUT2D eigenvalue weighted by Crippen LogP contribution is -2.55. The Balaban J connectivity index is 2.29. The second-order valence-electron chi connectivity index (χ2n) is 4.72. The van der Waals surface area contributed by atoms with Crippen LogP contribution in [0.5, 0.6) is 0 Å². The van der Waals surface area contributed by atoms with Crippen LogP contribution in [0.15, 0.2) is 0 Å². The van der Waals surface area contributed by atoms with Gasteiger partial charge in [0.05, 0.1) is 6.10 Å². The molecule has 0 bridgehead atoms. The highest BCUT2D eigenvalue weighted by Crippen LogP contribution is 2.51. The highest BCUT2D eigenvalue weighted by molar-refractivity contribution is 6.21. The van der Waals surface area contributed by atoms with Gasteiger partial charge in [0.2, 0.25) is 0 Å². The molecule has 0 radical (unpaired) electrons. The molecular formula is C12H20ClF3O. The number of halogens is 4. The molecule has 0 heterocycles. The lowest BCUT2D eigenvalue weighted by Gasteiger charge is -2.52. The molecule has 1 aliphatic rings. The molecule has 0 spiro atoms. The van der Waals surface area contributed by atoms with Gasteiger partial charge in [0.15, 0.2) is 0 Å². The van der Waals surface area contributed by atoms with Crippen molar-refractivity contribution in [1.29, 1.82) is 0 Å². The molecular weight excluding hydrogens is 253 g/mol. The van der Waals surface area contributed by atoms with Crippen LogP contribution in [0.25, 0.3) is 0 Å². The van der Waals surface area contributed by atoms with Crippen molar-refractivity contribution in [3.05, 3.63) is 0 Å². The van der Waals surface area contributed by atoms with E-state index in [0.29, 0.717) is 0 Å². The highest BCUT2D eigenvalue weighted by atomic mass is 35.5. The molecule has 5 heteroatoms. The maximum Gasteiger partial charge on any atom is 0.389 e. The van der Waals surface area contributed by atoms with E-state index in [1.165, 1.54) is 0 Å². The summed E-state index contributed by atoms with van der Waals surface area (Å²) < 4.78 is 41.4. The zero-order valence-corrected chi connectivity index (χ0v) is 11.1. The second kappa shape index (κ2) is 5.79. The predicted octanol–water partition coefficient (Wildman–Crippen LogP) is 4.53. The molecule has 0 aliphatic heterocycles. The van der Waals surface area contributed by atoms with E-state index in [4.69, 9.17) is 16.3 Å². The van der Waals surface area contributed by atoms with E-state index < -0.39 is 12.6 Å². The van der Waals surface area contributed by atoms with Crippen LogP contribution in [-0.2, 0) is 4.74 Å². The molecule has 0 saturated heterocycles. The van der Waals surface area contributed by atoms with E-state index in [1.807, 2.05) is 0 Å². The van der Waals surface area contributed by atoms with Crippen LogP contribution in [0.2, 0.25) is 0 Å². The van der Waals surface area contributed by atoms with Crippen molar-refractivity contribution in [2.45, 2.75) is 63.6 Å². The van der Waals surface area contributed by atoms with E-state index >= 15 is 0 Å². The van der Waals surface area contributed by atoms with Gasteiger partial charge in [0, 0.05) is 23.8 Å². The highest BCUT2D eigenvalue weighted by Gasteiger charge is 2.52. The number of hydrogen-bond acceptors (Lipinski definition) is 1. The normalized spacial score (nSPS) is 27.9. The van der Waals surface area contributed by atoms with Gasteiger partial charge in [-0.25, -0.2) is 0 Å². The minimum Gasteiger partial charge on any atom is -0.378 e. The molecule has 0 aromatic carbocycles. The van der Waals surface area contributed by atoms with Gasteiger partial charge < -0.3 is 4.74 Å². The Morgan fingerprint density at radius 2 is 1.88 bits per heavy atom. The fourth-order valence-electron chi connectivity index (χ4n) is 2.58. The lowest BCUT2D eigenvalue weighted by molar-refractivity contribution is -0.148. The molecule has 17 heavy (non-hydrogen) atoms. The third-order valence-electron chi connectivity index (χ3n) is 3.93. The van der Waals surface area contributed by atoms with Gasteiger partial charge in [0.1, 0.15) is 0 Å². The Bertz CT molecular complexity index is 238. The summed E-state index contributed by atoms with van der Waals surface area (Å²) >= 11 is 6.19. The van der Waals surface area contributed by atoms with E-state index in [-0.39, 0.29) is 29.9 Å². The van der Waals surface area contributed by atoms with Crippen LogP contribution in [0.4, 0.5) is 13.2 Å². The summed E-state index contributed by atoms with van der Waals surface area (Å²) in [6.45, 7) is 4.30. The fourth-order valence-corrected chi connectivity index (χ4v) is 3.19. The standard InChI is InChI=1S/C12H20ClF3O/c1-3-11(4-2)9(13)8-10(11)17-7-5-6-12(14,15)16/h9-10H,3-8H2,1-2H3. The molecule has 1 fully saturated rings. The van der Waals surface area contributed by atoms with Crippen LogP contribution in [-0.4, -0.2) is 24.3 Å². The van der Waals surface area contributed by atoms with Crippen LogP contribution >= 0.6 is 11.6 Å². The molecule has 0 aromatic rings. The summed E-state index contributed by atoms with van der Waals surface area (Å²) in [6.07, 6.45) is -2.18. The Hall–Kier alpha value is 0.0400. The summed E-state index contributed by atoms with van der Waals surface area (Å²) in [5, 5.41) is 0.102. The first-order chi connectivity index (χ1) is 7.85.